The molecule has 0 bridgehead atoms. The van der Waals surface area contributed by atoms with Crippen LogP contribution in [0.5, 0.6) is 0 Å². The summed E-state index contributed by atoms with van der Waals surface area (Å²) < 4.78 is 0. The average Bonchev–Trinajstić information content (AvgIpc) is 2.69. The highest BCUT2D eigenvalue weighted by Crippen LogP contribution is 2.27. The first-order chi connectivity index (χ1) is 7.70. The predicted molar refractivity (Wildman–Crippen MR) is 59.5 cm³/mol. The molecule has 1 aromatic heterocycles. The van der Waals surface area contributed by atoms with Crippen molar-refractivity contribution in [2.45, 2.75) is 19.3 Å². The van der Waals surface area contributed by atoms with Crippen LogP contribution >= 0.6 is 0 Å². The zero-order valence-corrected chi connectivity index (χ0v) is 9.64. The minimum atomic E-state index is 0.0281. The van der Waals surface area contributed by atoms with E-state index in [1.165, 1.54) is 17.7 Å². The number of fused-ring (bicyclic) bond motifs is 1. The summed E-state index contributed by atoms with van der Waals surface area (Å²) in [5.74, 6) is 0.398. The van der Waals surface area contributed by atoms with Crippen LogP contribution in [0.3, 0.4) is 0 Å². The van der Waals surface area contributed by atoms with Gasteiger partial charge in [-0.25, -0.2) is 5.06 Å². The summed E-state index contributed by atoms with van der Waals surface area (Å²) >= 11 is 0. The first-order valence-electron chi connectivity index (χ1n) is 5.44. The zero-order chi connectivity index (χ0) is 11.5. The van der Waals surface area contributed by atoms with Gasteiger partial charge in [0.05, 0.1) is 7.11 Å². The third kappa shape index (κ3) is 2.22. The minimum Gasteiger partial charge on any atom is -0.275 e. The summed E-state index contributed by atoms with van der Waals surface area (Å²) in [6.07, 6.45) is 4.19. The Kier molecular flexibility index (Phi) is 3.19. The average molecular weight is 220 g/mol. The van der Waals surface area contributed by atoms with Crippen LogP contribution in [0, 0.1) is 5.92 Å². The van der Waals surface area contributed by atoms with E-state index in [9.17, 15) is 4.79 Å². The molecule has 0 aliphatic heterocycles. The Balaban J connectivity index is 1.95. The van der Waals surface area contributed by atoms with Crippen molar-refractivity contribution in [3.05, 3.63) is 29.6 Å². The van der Waals surface area contributed by atoms with E-state index in [0.29, 0.717) is 12.3 Å². The molecule has 16 heavy (non-hydrogen) atoms. The largest absolute Gasteiger partial charge is 0.275 e. The van der Waals surface area contributed by atoms with Gasteiger partial charge in [0.2, 0.25) is 5.91 Å². The fraction of sp³-hybridized carbons (Fsp3) is 0.500. The van der Waals surface area contributed by atoms with Crippen LogP contribution in [0.25, 0.3) is 0 Å². The Hall–Kier alpha value is -1.42. The van der Waals surface area contributed by atoms with Gasteiger partial charge in [-0.15, -0.1) is 0 Å². The summed E-state index contributed by atoms with van der Waals surface area (Å²) in [4.78, 5) is 20.9. The van der Waals surface area contributed by atoms with Crippen LogP contribution < -0.4 is 0 Å². The van der Waals surface area contributed by atoms with E-state index in [1.54, 1.807) is 7.05 Å². The molecule has 0 N–H and O–H groups in total. The molecule has 1 aliphatic carbocycles. The molecule has 2 rings (SSSR count). The van der Waals surface area contributed by atoms with Crippen molar-refractivity contribution in [1.29, 1.82) is 0 Å². The quantitative estimate of drug-likeness (QED) is 0.719. The summed E-state index contributed by atoms with van der Waals surface area (Å²) in [6, 6.07) is 4.04. The van der Waals surface area contributed by atoms with E-state index >= 15 is 0 Å². The van der Waals surface area contributed by atoms with E-state index in [1.807, 2.05) is 12.3 Å². The number of hydrogen-bond donors (Lipinski definition) is 0. The highest BCUT2D eigenvalue weighted by atomic mass is 16.7. The van der Waals surface area contributed by atoms with Gasteiger partial charge in [-0.05, 0) is 30.4 Å². The standard InChI is InChI=1S/C12H16N2O2/c1-14(16-2)12(15)8-9-6-10-4-3-5-13-11(10)7-9/h3-5,9H,6-8H2,1-2H3. The molecule has 1 atom stereocenters. The number of aromatic nitrogens is 1. The number of carbonyl (C=O) groups excluding carboxylic acids is 1. The van der Waals surface area contributed by atoms with Gasteiger partial charge in [0, 0.05) is 25.4 Å². The van der Waals surface area contributed by atoms with Crippen molar-refractivity contribution < 1.29 is 9.63 Å². The van der Waals surface area contributed by atoms with Crippen LogP contribution in [-0.4, -0.2) is 30.1 Å². The Morgan fingerprint density at radius 2 is 2.44 bits per heavy atom. The molecule has 0 fully saturated rings. The second-order valence-corrected chi connectivity index (χ2v) is 4.16. The lowest BCUT2D eigenvalue weighted by molar-refractivity contribution is -0.169. The summed E-state index contributed by atoms with van der Waals surface area (Å²) in [5, 5.41) is 1.29. The van der Waals surface area contributed by atoms with Gasteiger partial charge in [0.25, 0.3) is 0 Å². The van der Waals surface area contributed by atoms with Crippen LogP contribution in [0.4, 0.5) is 0 Å². The topological polar surface area (TPSA) is 42.4 Å². The number of rotatable bonds is 3. The molecule has 0 saturated heterocycles. The van der Waals surface area contributed by atoms with Gasteiger partial charge < -0.3 is 0 Å². The molecule has 0 saturated carbocycles. The molecule has 0 radical (unpaired) electrons. The summed E-state index contributed by atoms with van der Waals surface area (Å²) in [5.41, 5.74) is 2.42. The van der Waals surface area contributed by atoms with E-state index in [0.717, 1.165) is 18.5 Å². The van der Waals surface area contributed by atoms with E-state index in [4.69, 9.17) is 4.84 Å². The van der Waals surface area contributed by atoms with Crippen molar-refractivity contribution in [3.63, 3.8) is 0 Å². The molecule has 1 aliphatic rings. The lowest BCUT2D eigenvalue weighted by Crippen LogP contribution is -2.27. The molecule has 1 heterocycles. The van der Waals surface area contributed by atoms with Gasteiger partial charge in [0.15, 0.2) is 0 Å². The lowest BCUT2D eigenvalue weighted by atomic mass is 10.0. The van der Waals surface area contributed by atoms with Crippen molar-refractivity contribution in [2.24, 2.45) is 5.92 Å². The second-order valence-electron chi connectivity index (χ2n) is 4.16. The molecule has 1 unspecified atom stereocenters. The summed E-state index contributed by atoms with van der Waals surface area (Å²) in [7, 11) is 3.14. The first-order valence-corrected chi connectivity index (χ1v) is 5.44. The zero-order valence-electron chi connectivity index (χ0n) is 9.64. The monoisotopic (exact) mass is 220 g/mol. The fourth-order valence-corrected chi connectivity index (χ4v) is 2.12. The minimum absolute atomic E-state index is 0.0281. The Bertz CT molecular complexity index is 367. The SMILES string of the molecule is CON(C)C(=O)CC1Cc2cccnc2C1. The fourth-order valence-electron chi connectivity index (χ4n) is 2.12. The Morgan fingerprint density at radius 1 is 1.62 bits per heavy atom. The van der Waals surface area contributed by atoms with Crippen molar-refractivity contribution in [1.82, 2.24) is 10.0 Å². The first kappa shape index (κ1) is 11.1. The second kappa shape index (κ2) is 4.61. The molecule has 4 heteroatoms. The highest BCUT2D eigenvalue weighted by molar-refractivity contribution is 5.75. The molecule has 1 amide bonds. The van der Waals surface area contributed by atoms with Crippen LogP contribution in [0.15, 0.2) is 18.3 Å². The van der Waals surface area contributed by atoms with Gasteiger partial charge in [0.1, 0.15) is 0 Å². The van der Waals surface area contributed by atoms with Crippen LogP contribution in [-0.2, 0) is 22.5 Å². The Morgan fingerprint density at radius 3 is 3.12 bits per heavy atom. The van der Waals surface area contributed by atoms with Gasteiger partial charge in [-0.3, -0.25) is 14.6 Å². The molecular weight excluding hydrogens is 204 g/mol. The lowest BCUT2D eigenvalue weighted by Gasteiger charge is -2.15. The maximum atomic E-state index is 11.7. The number of hydroxylamine groups is 2. The number of pyridine rings is 1. The van der Waals surface area contributed by atoms with Crippen LogP contribution in [0.1, 0.15) is 17.7 Å². The van der Waals surface area contributed by atoms with Crippen molar-refractivity contribution in [3.8, 4) is 0 Å². The smallest absolute Gasteiger partial charge is 0.246 e. The normalized spacial score (nSPS) is 18.2. The maximum Gasteiger partial charge on any atom is 0.246 e. The molecular formula is C12H16N2O2. The molecule has 0 aromatic carbocycles. The number of hydrogen-bond acceptors (Lipinski definition) is 3. The van der Waals surface area contributed by atoms with E-state index in [-0.39, 0.29) is 5.91 Å². The third-order valence-corrected chi connectivity index (χ3v) is 3.06. The predicted octanol–water partition coefficient (Wildman–Crippen LogP) is 1.21. The van der Waals surface area contributed by atoms with E-state index in [2.05, 4.69) is 11.1 Å². The van der Waals surface area contributed by atoms with Gasteiger partial charge in [-0.2, -0.15) is 0 Å². The molecule has 4 nitrogen and oxygen atoms in total. The Labute approximate surface area is 95.2 Å². The van der Waals surface area contributed by atoms with Crippen molar-refractivity contribution >= 4 is 5.91 Å². The van der Waals surface area contributed by atoms with Gasteiger partial charge in [-0.1, -0.05) is 6.07 Å². The van der Waals surface area contributed by atoms with Crippen LogP contribution in [0.2, 0.25) is 0 Å². The number of nitrogens with zero attached hydrogens (tertiary/aromatic N) is 2. The molecule has 0 spiro atoms. The van der Waals surface area contributed by atoms with E-state index < -0.39 is 0 Å². The summed E-state index contributed by atoms with van der Waals surface area (Å²) in [6.45, 7) is 0. The highest BCUT2D eigenvalue weighted by Gasteiger charge is 2.25. The molecule has 86 valence electrons. The van der Waals surface area contributed by atoms with Gasteiger partial charge >= 0.3 is 0 Å². The molecule has 1 aromatic rings. The van der Waals surface area contributed by atoms with Crippen molar-refractivity contribution in [2.75, 3.05) is 14.2 Å². The third-order valence-electron chi connectivity index (χ3n) is 3.06. The maximum absolute atomic E-state index is 11.7. The number of carbonyl (C=O) groups is 1. The number of amides is 1.